The van der Waals surface area contributed by atoms with Crippen LogP contribution in [0.1, 0.15) is 11.1 Å². The minimum Gasteiger partial charge on any atom is -0.342 e. The van der Waals surface area contributed by atoms with Crippen LogP contribution in [0.25, 0.3) is 22.2 Å². The van der Waals surface area contributed by atoms with Crippen molar-refractivity contribution in [1.29, 1.82) is 5.26 Å². The number of rotatable bonds is 5. The van der Waals surface area contributed by atoms with E-state index in [2.05, 4.69) is 15.8 Å². The molecule has 3 rings (SSSR count). The SMILES string of the molecule is Cn1c(-c2cncc(CNS(=O)CC(F)(F)F)c2)c(C#N)c2ccc(Cl)cc21. The Labute approximate surface area is 166 Å². The van der Waals surface area contributed by atoms with Crippen LogP contribution in [0.2, 0.25) is 5.02 Å². The number of halogens is 4. The fourth-order valence-electron chi connectivity index (χ4n) is 2.94. The van der Waals surface area contributed by atoms with E-state index >= 15 is 0 Å². The zero-order valence-corrected chi connectivity index (χ0v) is 16.1. The highest BCUT2D eigenvalue weighted by molar-refractivity contribution is 7.83. The zero-order chi connectivity index (χ0) is 20.5. The second-order valence-corrected chi connectivity index (χ2v) is 7.77. The van der Waals surface area contributed by atoms with Gasteiger partial charge in [-0.3, -0.25) is 4.98 Å². The monoisotopic (exact) mass is 426 g/mol. The summed E-state index contributed by atoms with van der Waals surface area (Å²) in [7, 11) is -0.452. The molecule has 0 aliphatic heterocycles. The van der Waals surface area contributed by atoms with Gasteiger partial charge in [-0.15, -0.1) is 0 Å². The van der Waals surface area contributed by atoms with Crippen LogP contribution in [0.5, 0.6) is 0 Å². The van der Waals surface area contributed by atoms with Gasteiger partial charge >= 0.3 is 6.18 Å². The molecular formula is C18H14ClF3N4OS. The lowest BCUT2D eigenvalue weighted by molar-refractivity contribution is -0.105. The number of aryl methyl sites for hydroxylation is 1. The van der Waals surface area contributed by atoms with Gasteiger partial charge in [-0.25, -0.2) is 8.93 Å². The molecule has 0 saturated carbocycles. The Kier molecular flexibility index (Phi) is 5.74. The molecule has 5 nitrogen and oxygen atoms in total. The number of fused-ring (bicyclic) bond motifs is 1. The van der Waals surface area contributed by atoms with Gasteiger partial charge in [0.15, 0.2) is 0 Å². The molecule has 1 atom stereocenters. The average Bonchev–Trinajstić information content (AvgIpc) is 2.90. The highest BCUT2D eigenvalue weighted by Crippen LogP contribution is 2.33. The summed E-state index contributed by atoms with van der Waals surface area (Å²) in [6, 6.07) is 9.10. The third kappa shape index (κ3) is 4.35. The first-order valence-corrected chi connectivity index (χ1v) is 9.70. The van der Waals surface area contributed by atoms with Gasteiger partial charge in [-0.05, 0) is 29.8 Å². The lowest BCUT2D eigenvalue weighted by atomic mass is 10.1. The molecule has 0 amide bonds. The number of nitrogens with one attached hydrogen (secondary N) is 1. The molecule has 0 radical (unpaired) electrons. The predicted molar refractivity (Wildman–Crippen MR) is 102 cm³/mol. The van der Waals surface area contributed by atoms with Crippen LogP contribution in [0, 0.1) is 11.3 Å². The van der Waals surface area contributed by atoms with Crippen molar-refractivity contribution in [3.8, 4) is 17.3 Å². The summed E-state index contributed by atoms with van der Waals surface area (Å²) in [5, 5.41) is 10.9. The standard InChI is InChI=1S/C18H14ClF3N4OS/c1-26-16-5-13(19)2-3-14(16)15(6-23)17(26)12-4-11(7-24-9-12)8-25-28(27)10-18(20,21)22/h2-5,7,9,25H,8,10H2,1H3. The average molecular weight is 427 g/mol. The molecule has 28 heavy (non-hydrogen) atoms. The molecule has 0 aliphatic carbocycles. The van der Waals surface area contributed by atoms with E-state index in [1.165, 1.54) is 6.20 Å². The molecule has 1 unspecified atom stereocenters. The van der Waals surface area contributed by atoms with E-state index in [0.29, 0.717) is 27.4 Å². The Morgan fingerprint density at radius 1 is 1.32 bits per heavy atom. The summed E-state index contributed by atoms with van der Waals surface area (Å²) in [4.78, 5) is 4.11. The third-order valence-electron chi connectivity index (χ3n) is 4.07. The van der Waals surface area contributed by atoms with Crippen molar-refractivity contribution in [3.05, 3.63) is 52.8 Å². The molecule has 10 heteroatoms. The maximum absolute atomic E-state index is 12.3. The van der Waals surface area contributed by atoms with E-state index in [1.807, 2.05) is 4.57 Å². The van der Waals surface area contributed by atoms with E-state index in [9.17, 15) is 22.6 Å². The summed E-state index contributed by atoms with van der Waals surface area (Å²) in [6.07, 6.45) is -1.48. The number of nitrogens with zero attached hydrogens (tertiary/aromatic N) is 3. The molecule has 2 heterocycles. The van der Waals surface area contributed by atoms with Crippen LogP contribution in [0.3, 0.4) is 0 Å². The first-order valence-electron chi connectivity index (χ1n) is 8.00. The molecule has 146 valence electrons. The van der Waals surface area contributed by atoms with E-state index in [-0.39, 0.29) is 6.54 Å². The van der Waals surface area contributed by atoms with Crippen LogP contribution < -0.4 is 4.72 Å². The number of alkyl halides is 3. The number of benzene rings is 1. The van der Waals surface area contributed by atoms with Gasteiger partial charge in [0.25, 0.3) is 0 Å². The number of nitriles is 1. The summed E-state index contributed by atoms with van der Waals surface area (Å²) in [5.41, 5.74) is 2.99. The van der Waals surface area contributed by atoms with E-state index in [0.717, 1.165) is 10.9 Å². The first kappa shape index (κ1) is 20.3. The van der Waals surface area contributed by atoms with Gasteiger partial charge in [0.2, 0.25) is 0 Å². The fraction of sp³-hybridized carbons (Fsp3) is 0.222. The van der Waals surface area contributed by atoms with Gasteiger partial charge < -0.3 is 4.57 Å². The molecule has 2 aromatic heterocycles. The van der Waals surface area contributed by atoms with Gasteiger partial charge in [-0.1, -0.05) is 11.6 Å². The van der Waals surface area contributed by atoms with Crippen LogP contribution >= 0.6 is 11.6 Å². The van der Waals surface area contributed by atoms with Crippen molar-refractivity contribution < 1.29 is 17.4 Å². The number of hydrogen-bond donors (Lipinski definition) is 1. The highest BCUT2D eigenvalue weighted by Gasteiger charge is 2.30. The van der Waals surface area contributed by atoms with E-state index < -0.39 is 22.9 Å². The fourth-order valence-corrected chi connectivity index (χ4v) is 3.83. The minimum atomic E-state index is -4.51. The van der Waals surface area contributed by atoms with Crippen molar-refractivity contribution in [2.45, 2.75) is 12.7 Å². The van der Waals surface area contributed by atoms with Crippen molar-refractivity contribution in [2.75, 3.05) is 5.75 Å². The summed E-state index contributed by atoms with van der Waals surface area (Å²) >= 11 is 6.06. The van der Waals surface area contributed by atoms with Crippen LogP contribution in [0.4, 0.5) is 13.2 Å². The maximum Gasteiger partial charge on any atom is 0.401 e. The maximum atomic E-state index is 12.3. The minimum absolute atomic E-state index is 0.0544. The summed E-state index contributed by atoms with van der Waals surface area (Å²) in [6.45, 7) is -0.0544. The predicted octanol–water partition coefficient (Wildman–Crippen LogP) is 4.08. The highest BCUT2D eigenvalue weighted by atomic mass is 35.5. The summed E-state index contributed by atoms with van der Waals surface area (Å²) in [5.74, 6) is -1.43. The topological polar surface area (TPSA) is 70.7 Å². The Morgan fingerprint density at radius 2 is 2.07 bits per heavy atom. The zero-order valence-electron chi connectivity index (χ0n) is 14.5. The Bertz CT molecular complexity index is 1100. The van der Waals surface area contributed by atoms with Gasteiger partial charge in [0, 0.05) is 42.0 Å². The van der Waals surface area contributed by atoms with Crippen molar-refractivity contribution in [2.24, 2.45) is 7.05 Å². The summed E-state index contributed by atoms with van der Waals surface area (Å²) < 4.78 is 52.5. The van der Waals surface area contributed by atoms with Crippen molar-refractivity contribution >= 4 is 33.5 Å². The van der Waals surface area contributed by atoms with Crippen molar-refractivity contribution in [1.82, 2.24) is 14.3 Å². The molecular weight excluding hydrogens is 413 g/mol. The van der Waals surface area contributed by atoms with Crippen LogP contribution in [-0.2, 0) is 24.6 Å². The normalized spacial score (nSPS) is 12.9. The molecule has 0 fully saturated rings. The Morgan fingerprint density at radius 3 is 2.75 bits per heavy atom. The Hall–Kier alpha value is -2.41. The van der Waals surface area contributed by atoms with E-state index in [4.69, 9.17) is 11.6 Å². The molecule has 3 aromatic rings. The number of hydrogen-bond acceptors (Lipinski definition) is 3. The van der Waals surface area contributed by atoms with Crippen LogP contribution in [-0.4, -0.2) is 25.7 Å². The molecule has 0 saturated heterocycles. The molecule has 0 aliphatic rings. The van der Waals surface area contributed by atoms with Gasteiger partial charge in [0.05, 0.1) is 16.8 Å². The third-order valence-corrected chi connectivity index (χ3v) is 5.37. The quantitative estimate of drug-likeness (QED) is 0.668. The molecule has 0 bridgehead atoms. The second kappa shape index (κ2) is 7.91. The molecule has 1 N–H and O–H groups in total. The van der Waals surface area contributed by atoms with Gasteiger partial charge in [-0.2, -0.15) is 18.4 Å². The Balaban J connectivity index is 1.94. The smallest absolute Gasteiger partial charge is 0.342 e. The van der Waals surface area contributed by atoms with Crippen molar-refractivity contribution in [3.63, 3.8) is 0 Å². The molecule has 0 spiro atoms. The number of pyridine rings is 1. The first-order chi connectivity index (χ1) is 13.2. The number of aromatic nitrogens is 2. The van der Waals surface area contributed by atoms with Gasteiger partial charge in [0.1, 0.15) is 22.8 Å². The largest absolute Gasteiger partial charge is 0.401 e. The lowest BCUT2D eigenvalue weighted by Crippen LogP contribution is -2.27. The van der Waals surface area contributed by atoms with Crippen LogP contribution in [0.15, 0.2) is 36.7 Å². The lowest BCUT2D eigenvalue weighted by Gasteiger charge is -2.09. The van der Waals surface area contributed by atoms with E-state index in [1.54, 1.807) is 37.5 Å². The molecule has 1 aromatic carbocycles. The second-order valence-electron chi connectivity index (χ2n) is 6.06.